The largest absolute Gasteiger partial charge is 0.377 e. The summed E-state index contributed by atoms with van der Waals surface area (Å²) >= 11 is 1.36. The highest BCUT2D eigenvalue weighted by Crippen LogP contribution is 2.24. The Kier molecular flexibility index (Phi) is 6.05. The van der Waals surface area contributed by atoms with Gasteiger partial charge in [-0.15, -0.1) is 0 Å². The van der Waals surface area contributed by atoms with E-state index in [0.717, 1.165) is 17.4 Å². The third-order valence-corrected chi connectivity index (χ3v) is 4.20. The third kappa shape index (κ3) is 4.26. The van der Waals surface area contributed by atoms with Gasteiger partial charge in [0.15, 0.2) is 11.0 Å². The number of thiazole rings is 1. The monoisotopic (exact) mass is 339 g/mol. The van der Waals surface area contributed by atoms with Crippen molar-refractivity contribution in [3.05, 3.63) is 22.3 Å². The van der Waals surface area contributed by atoms with Crippen LogP contribution in [0.1, 0.15) is 40.9 Å². The normalized spacial score (nSPS) is 10.8. The average molecular weight is 339 g/mol. The highest BCUT2D eigenvalue weighted by atomic mass is 32.1. The van der Waals surface area contributed by atoms with E-state index < -0.39 is 0 Å². The second kappa shape index (κ2) is 8.02. The van der Waals surface area contributed by atoms with Gasteiger partial charge in [-0.2, -0.15) is 4.98 Å². The van der Waals surface area contributed by atoms with Crippen molar-refractivity contribution >= 4 is 22.4 Å². The summed E-state index contributed by atoms with van der Waals surface area (Å²) in [5.41, 5.74) is 0.722. The fraction of sp³-hybridized carbons (Fsp3) is 0.571. The summed E-state index contributed by atoms with van der Waals surface area (Å²) in [6.45, 7) is 7.58. The first kappa shape index (κ1) is 17.4. The summed E-state index contributed by atoms with van der Waals surface area (Å²) in [4.78, 5) is 23.5. The van der Waals surface area contributed by atoms with Gasteiger partial charge in [0.05, 0.1) is 5.69 Å². The Labute approximate surface area is 138 Å². The number of carbonyl (C=O) groups is 1. The molecule has 9 heteroatoms. The van der Waals surface area contributed by atoms with Crippen LogP contribution < -0.4 is 5.32 Å². The molecule has 0 aliphatic rings. The molecule has 0 aliphatic carbocycles. The maximum Gasteiger partial charge on any atom is 0.266 e. The lowest BCUT2D eigenvalue weighted by atomic mass is 10.3. The zero-order valence-corrected chi connectivity index (χ0v) is 14.6. The van der Waals surface area contributed by atoms with Crippen LogP contribution in [-0.2, 0) is 17.9 Å². The van der Waals surface area contributed by atoms with Gasteiger partial charge in [0.1, 0.15) is 18.0 Å². The number of anilines is 1. The van der Waals surface area contributed by atoms with Gasteiger partial charge in [-0.1, -0.05) is 16.5 Å². The van der Waals surface area contributed by atoms with E-state index in [1.54, 1.807) is 12.0 Å². The first-order chi connectivity index (χ1) is 11.1. The second-order valence-corrected chi connectivity index (χ2v) is 5.82. The maximum absolute atomic E-state index is 12.7. The Morgan fingerprint density at radius 3 is 2.83 bits per heavy atom. The van der Waals surface area contributed by atoms with Gasteiger partial charge >= 0.3 is 0 Å². The molecule has 0 aromatic carbocycles. The third-order valence-electron chi connectivity index (χ3n) is 3.10. The number of nitrogens with one attached hydrogen (secondary N) is 1. The number of hydrogen-bond donors (Lipinski definition) is 1. The Balaban J connectivity index is 2.11. The molecule has 0 atom stereocenters. The van der Waals surface area contributed by atoms with Crippen molar-refractivity contribution < 1.29 is 14.1 Å². The van der Waals surface area contributed by atoms with Crippen LogP contribution in [0.2, 0.25) is 0 Å². The summed E-state index contributed by atoms with van der Waals surface area (Å²) in [7, 11) is 1.56. The molecule has 126 valence electrons. The first-order valence-corrected chi connectivity index (χ1v) is 8.21. The number of amides is 1. The van der Waals surface area contributed by atoms with Crippen LogP contribution in [0.15, 0.2) is 4.52 Å². The zero-order chi connectivity index (χ0) is 16.8. The van der Waals surface area contributed by atoms with Crippen LogP contribution in [-0.4, -0.2) is 46.1 Å². The Morgan fingerprint density at radius 1 is 1.39 bits per heavy atom. The molecule has 1 amide bonds. The van der Waals surface area contributed by atoms with E-state index in [4.69, 9.17) is 9.26 Å². The first-order valence-electron chi connectivity index (χ1n) is 7.39. The number of aromatic nitrogens is 3. The van der Waals surface area contributed by atoms with E-state index in [0.29, 0.717) is 23.1 Å². The Bertz CT molecular complexity index is 655. The predicted octanol–water partition coefficient (Wildman–Crippen LogP) is 2.08. The minimum Gasteiger partial charge on any atom is -0.377 e. The van der Waals surface area contributed by atoms with E-state index in [1.165, 1.54) is 11.3 Å². The van der Waals surface area contributed by atoms with Gasteiger partial charge in [0.25, 0.3) is 5.91 Å². The fourth-order valence-electron chi connectivity index (χ4n) is 2.00. The molecular weight excluding hydrogens is 318 g/mol. The van der Waals surface area contributed by atoms with Crippen LogP contribution in [0, 0.1) is 6.92 Å². The van der Waals surface area contributed by atoms with Gasteiger partial charge in [0.2, 0.25) is 5.89 Å². The molecule has 0 bridgehead atoms. The van der Waals surface area contributed by atoms with E-state index in [-0.39, 0.29) is 19.1 Å². The summed E-state index contributed by atoms with van der Waals surface area (Å²) in [5.74, 6) is 0.772. The van der Waals surface area contributed by atoms with Gasteiger partial charge in [0, 0.05) is 20.2 Å². The van der Waals surface area contributed by atoms with Crippen molar-refractivity contribution in [2.45, 2.75) is 33.9 Å². The molecule has 0 radical (unpaired) electrons. The SMILES string of the molecule is CCNc1nc(C)c(C(=O)N(CC)Cc2nc(COC)no2)s1. The number of aryl methyl sites for hydroxylation is 1. The van der Waals surface area contributed by atoms with Crippen molar-refractivity contribution in [3.63, 3.8) is 0 Å². The summed E-state index contributed by atoms with van der Waals surface area (Å²) < 4.78 is 10.1. The van der Waals surface area contributed by atoms with Crippen molar-refractivity contribution in [3.8, 4) is 0 Å². The molecule has 0 fully saturated rings. The van der Waals surface area contributed by atoms with E-state index in [2.05, 4.69) is 20.4 Å². The lowest BCUT2D eigenvalue weighted by Crippen LogP contribution is -2.30. The van der Waals surface area contributed by atoms with E-state index in [1.807, 2.05) is 20.8 Å². The highest BCUT2D eigenvalue weighted by Gasteiger charge is 2.22. The van der Waals surface area contributed by atoms with Crippen LogP contribution in [0.3, 0.4) is 0 Å². The summed E-state index contributed by atoms with van der Waals surface area (Å²) in [5, 5.41) is 7.69. The minimum atomic E-state index is -0.0851. The summed E-state index contributed by atoms with van der Waals surface area (Å²) in [6.07, 6.45) is 0. The van der Waals surface area contributed by atoms with Crippen LogP contribution in [0.25, 0.3) is 0 Å². The van der Waals surface area contributed by atoms with Gasteiger partial charge in [-0.05, 0) is 20.8 Å². The molecule has 23 heavy (non-hydrogen) atoms. The van der Waals surface area contributed by atoms with Gasteiger partial charge in [-0.3, -0.25) is 4.79 Å². The van der Waals surface area contributed by atoms with E-state index >= 15 is 0 Å². The van der Waals surface area contributed by atoms with Crippen molar-refractivity contribution in [2.24, 2.45) is 0 Å². The van der Waals surface area contributed by atoms with Crippen LogP contribution in [0.4, 0.5) is 5.13 Å². The highest BCUT2D eigenvalue weighted by molar-refractivity contribution is 7.17. The van der Waals surface area contributed by atoms with Gasteiger partial charge in [-0.25, -0.2) is 4.98 Å². The minimum absolute atomic E-state index is 0.0851. The van der Waals surface area contributed by atoms with Crippen molar-refractivity contribution in [1.29, 1.82) is 0 Å². The molecule has 8 nitrogen and oxygen atoms in total. The Morgan fingerprint density at radius 2 is 2.17 bits per heavy atom. The lowest BCUT2D eigenvalue weighted by Gasteiger charge is -2.17. The average Bonchev–Trinajstić information content (AvgIpc) is 3.11. The number of methoxy groups -OCH3 is 1. The van der Waals surface area contributed by atoms with Crippen LogP contribution >= 0.6 is 11.3 Å². The number of ether oxygens (including phenoxy) is 1. The molecular formula is C14H21N5O3S. The number of hydrogen-bond acceptors (Lipinski definition) is 8. The predicted molar refractivity (Wildman–Crippen MR) is 86.4 cm³/mol. The van der Waals surface area contributed by atoms with Gasteiger partial charge < -0.3 is 19.5 Å². The molecule has 0 saturated heterocycles. The molecule has 2 aromatic heterocycles. The van der Waals surface area contributed by atoms with Crippen molar-refractivity contribution in [1.82, 2.24) is 20.0 Å². The molecule has 2 rings (SSSR count). The molecule has 0 saturated carbocycles. The molecule has 0 aliphatic heterocycles. The van der Waals surface area contributed by atoms with E-state index in [9.17, 15) is 4.79 Å². The number of rotatable bonds is 8. The lowest BCUT2D eigenvalue weighted by molar-refractivity contribution is 0.0738. The quantitative estimate of drug-likeness (QED) is 0.787. The summed E-state index contributed by atoms with van der Waals surface area (Å²) in [6, 6.07) is 0. The molecule has 1 N–H and O–H groups in total. The molecule has 2 aromatic rings. The molecule has 0 unspecified atom stereocenters. The fourth-order valence-corrected chi connectivity index (χ4v) is 3.00. The molecule has 2 heterocycles. The number of carbonyl (C=O) groups excluding carboxylic acids is 1. The molecule has 0 spiro atoms. The second-order valence-electron chi connectivity index (χ2n) is 4.82. The topological polar surface area (TPSA) is 93.4 Å². The van der Waals surface area contributed by atoms with Crippen molar-refractivity contribution in [2.75, 3.05) is 25.5 Å². The smallest absolute Gasteiger partial charge is 0.266 e. The zero-order valence-electron chi connectivity index (χ0n) is 13.8. The van der Waals surface area contributed by atoms with Crippen LogP contribution in [0.5, 0.6) is 0 Å². The maximum atomic E-state index is 12.7. The Hall–Kier alpha value is -2.00. The number of nitrogens with zero attached hydrogens (tertiary/aromatic N) is 4. The standard InChI is InChI=1S/C14H21N5O3S/c1-5-15-14-16-9(3)12(23-14)13(20)19(6-2)7-11-17-10(8-21-4)18-22-11/h5-8H2,1-4H3,(H,15,16).